The van der Waals surface area contributed by atoms with Crippen molar-refractivity contribution in [2.24, 2.45) is 0 Å². The maximum atomic E-state index is 10.6. The van der Waals surface area contributed by atoms with Crippen LogP contribution >= 0.6 is 15.9 Å². The molecule has 2 rings (SSSR count). The first kappa shape index (κ1) is 11.3. The molecule has 1 aromatic heterocycles. The highest BCUT2D eigenvalue weighted by molar-refractivity contribution is 9.10. The first-order valence-electron chi connectivity index (χ1n) is 5.01. The number of aromatic nitrogens is 1. The van der Waals surface area contributed by atoms with E-state index in [1.165, 1.54) is 0 Å². The molecule has 0 bridgehead atoms. The highest BCUT2D eigenvalue weighted by atomic mass is 79.9. The zero-order chi connectivity index (χ0) is 11.6. The van der Waals surface area contributed by atoms with Gasteiger partial charge in [0.05, 0.1) is 0 Å². The van der Waals surface area contributed by atoms with Crippen molar-refractivity contribution in [3.05, 3.63) is 64.4 Å². The van der Waals surface area contributed by atoms with Gasteiger partial charge >= 0.3 is 0 Å². The van der Waals surface area contributed by atoms with E-state index in [1.807, 2.05) is 42.5 Å². The number of rotatable bonds is 2. The van der Waals surface area contributed by atoms with Gasteiger partial charge in [-0.25, -0.2) is 4.98 Å². The molecule has 1 N–H and O–H groups in total. The minimum Gasteiger partial charge on any atom is -0.381 e. The van der Waals surface area contributed by atoms with Crippen LogP contribution < -0.4 is 0 Å². The van der Waals surface area contributed by atoms with Crippen molar-refractivity contribution < 1.29 is 5.11 Å². The fourth-order valence-electron chi connectivity index (χ4n) is 1.67. The predicted octanol–water partition coefficient (Wildman–Crippen LogP) is 3.10. The maximum absolute atomic E-state index is 10.6. The van der Waals surface area contributed by atoms with E-state index in [4.69, 9.17) is 0 Å². The summed E-state index contributed by atoms with van der Waals surface area (Å²) in [6.45, 7) is 1.77. The molecule has 0 aliphatic rings. The van der Waals surface area contributed by atoms with Crippen LogP contribution in [0.1, 0.15) is 18.1 Å². The van der Waals surface area contributed by atoms with Crippen molar-refractivity contribution in [1.29, 1.82) is 0 Å². The Kier molecular flexibility index (Phi) is 3.08. The normalized spacial score (nSPS) is 14.4. The van der Waals surface area contributed by atoms with Crippen molar-refractivity contribution >= 4 is 15.9 Å². The highest BCUT2D eigenvalue weighted by Crippen LogP contribution is 2.32. The van der Waals surface area contributed by atoms with E-state index in [1.54, 1.807) is 13.1 Å². The van der Waals surface area contributed by atoms with Crippen LogP contribution in [-0.2, 0) is 5.60 Å². The lowest BCUT2D eigenvalue weighted by atomic mass is 9.89. The molecular formula is C13H12BrNO. The number of pyridine rings is 1. The lowest BCUT2D eigenvalue weighted by Crippen LogP contribution is -2.23. The Hall–Kier alpha value is -1.19. The summed E-state index contributed by atoms with van der Waals surface area (Å²) in [4.78, 5) is 4.13. The summed E-state index contributed by atoms with van der Waals surface area (Å²) in [7, 11) is 0. The summed E-state index contributed by atoms with van der Waals surface area (Å²) in [5, 5.41) is 10.6. The Morgan fingerprint density at radius 2 is 1.81 bits per heavy atom. The molecule has 82 valence electrons. The van der Waals surface area contributed by atoms with Crippen LogP contribution in [0.5, 0.6) is 0 Å². The van der Waals surface area contributed by atoms with Gasteiger partial charge in [0, 0.05) is 11.8 Å². The summed E-state index contributed by atoms with van der Waals surface area (Å²) in [5.41, 5.74) is 0.582. The summed E-state index contributed by atoms with van der Waals surface area (Å²) < 4.78 is 0.670. The smallest absolute Gasteiger partial charge is 0.114 e. The first-order chi connectivity index (χ1) is 7.62. The Labute approximate surface area is 103 Å². The van der Waals surface area contributed by atoms with Gasteiger partial charge in [0.15, 0.2) is 0 Å². The molecule has 0 saturated heterocycles. The molecule has 0 aliphatic heterocycles. The Morgan fingerprint density at radius 3 is 2.44 bits per heavy atom. The molecule has 1 aromatic carbocycles. The topological polar surface area (TPSA) is 33.1 Å². The second-order valence-corrected chi connectivity index (χ2v) is 4.53. The second-order valence-electron chi connectivity index (χ2n) is 3.78. The summed E-state index contributed by atoms with van der Waals surface area (Å²) >= 11 is 3.36. The first-order valence-corrected chi connectivity index (χ1v) is 5.80. The molecule has 3 heteroatoms. The molecule has 0 fully saturated rings. The monoisotopic (exact) mass is 277 g/mol. The summed E-state index contributed by atoms with van der Waals surface area (Å²) in [5.74, 6) is 0. The minimum atomic E-state index is -1.03. The molecule has 1 atom stereocenters. The van der Waals surface area contributed by atoms with Crippen LogP contribution in [-0.4, -0.2) is 10.1 Å². The molecule has 0 radical (unpaired) electrons. The second kappa shape index (κ2) is 4.36. The number of benzene rings is 1. The van der Waals surface area contributed by atoms with Gasteiger partial charge in [-0.1, -0.05) is 36.4 Å². The molecule has 2 nitrogen and oxygen atoms in total. The number of nitrogens with zero attached hydrogens (tertiary/aromatic N) is 1. The quantitative estimate of drug-likeness (QED) is 0.856. The minimum absolute atomic E-state index is 0.670. The summed E-state index contributed by atoms with van der Waals surface area (Å²) in [6, 6.07) is 13.2. The fraction of sp³-hybridized carbons (Fsp3) is 0.154. The van der Waals surface area contributed by atoms with Crippen molar-refractivity contribution in [2.75, 3.05) is 0 Å². The average molecular weight is 278 g/mol. The molecule has 2 aromatic rings. The summed E-state index contributed by atoms with van der Waals surface area (Å²) in [6.07, 6.45) is 1.69. The Morgan fingerprint density at radius 1 is 1.12 bits per heavy atom. The van der Waals surface area contributed by atoms with Gasteiger partial charge in [-0.2, -0.15) is 0 Å². The maximum Gasteiger partial charge on any atom is 0.114 e. The number of halogens is 1. The van der Waals surface area contributed by atoms with Crippen LogP contribution in [0.2, 0.25) is 0 Å². The van der Waals surface area contributed by atoms with Crippen LogP contribution in [0.3, 0.4) is 0 Å². The lowest BCUT2D eigenvalue weighted by Gasteiger charge is -2.25. The van der Waals surface area contributed by atoms with E-state index in [2.05, 4.69) is 20.9 Å². The van der Waals surface area contributed by atoms with Crippen LogP contribution in [0.15, 0.2) is 53.3 Å². The van der Waals surface area contributed by atoms with Crippen molar-refractivity contribution in [3.63, 3.8) is 0 Å². The van der Waals surface area contributed by atoms with Crippen molar-refractivity contribution in [1.82, 2.24) is 4.98 Å². The zero-order valence-electron chi connectivity index (χ0n) is 8.89. The fourth-order valence-corrected chi connectivity index (χ4v) is 2.30. The zero-order valence-corrected chi connectivity index (χ0v) is 10.5. The molecule has 0 spiro atoms. The van der Waals surface area contributed by atoms with Gasteiger partial charge in [-0.15, -0.1) is 0 Å². The van der Waals surface area contributed by atoms with Crippen LogP contribution in [0, 0.1) is 0 Å². The third-order valence-electron chi connectivity index (χ3n) is 2.62. The largest absolute Gasteiger partial charge is 0.381 e. The third-order valence-corrected chi connectivity index (χ3v) is 3.25. The third kappa shape index (κ3) is 2.01. The van der Waals surface area contributed by atoms with Gasteiger partial charge < -0.3 is 5.11 Å². The van der Waals surface area contributed by atoms with E-state index in [-0.39, 0.29) is 0 Å². The van der Waals surface area contributed by atoms with Crippen LogP contribution in [0.25, 0.3) is 0 Å². The molecule has 16 heavy (non-hydrogen) atoms. The molecule has 0 aliphatic carbocycles. The molecule has 0 amide bonds. The lowest BCUT2D eigenvalue weighted by molar-refractivity contribution is 0.101. The van der Waals surface area contributed by atoms with Crippen molar-refractivity contribution in [2.45, 2.75) is 12.5 Å². The predicted molar refractivity (Wildman–Crippen MR) is 67.1 cm³/mol. The van der Waals surface area contributed by atoms with Gasteiger partial charge in [-0.05, 0) is 34.5 Å². The highest BCUT2D eigenvalue weighted by Gasteiger charge is 2.27. The molecule has 0 unspecified atom stereocenters. The van der Waals surface area contributed by atoms with E-state index in [9.17, 15) is 5.11 Å². The van der Waals surface area contributed by atoms with E-state index >= 15 is 0 Å². The van der Waals surface area contributed by atoms with Gasteiger partial charge in [-0.3, -0.25) is 0 Å². The standard InChI is InChI=1S/C13H12BrNO/c1-13(16,10-6-3-2-4-7-10)11-8-5-9-15-12(11)14/h2-9,16H,1H3/t13-/m0/s1. The van der Waals surface area contributed by atoms with Crippen molar-refractivity contribution in [3.8, 4) is 0 Å². The average Bonchev–Trinajstić information content (AvgIpc) is 2.30. The number of hydrogen-bond donors (Lipinski definition) is 1. The van der Waals surface area contributed by atoms with E-state index in [0.717, 1.165) is 11.1 Å². The molecular weight excluding hydrogens is 266 g/mol. The Balaban J connectivity index is 2.51. The van der Waals surface area contributed by atoms with Gasteiger partial charge in [0.2, 0.25) is 0 Å². The van der Waals surface area contributed by atoms with E-state index < -0.39 is 5.60 Å². The molecule has 0 saturated carbocycles. The number of aliphatic hydroxyl groups is 1. The van der Waals surface area contributed by atoms with Gasteiger partial charge in [0.1, 0.15) is 10.2 Å². The number of hydrogen-bond acceptors (Lipinski definition) is 2. The van der Waals surface area contributed by atoms with Crippen LogP contribution in [0.4, 0.5) is 0 Å². The van der Waals surface area contributed by atoms with E-state index in [0.29, 0.717) is 4.60 Å². The molecule has 1 heterocycles. The van der Waals surface area contributed by atoms with Gasteiger partial charge in [0.25, 0.3) is 0 Å². The Bertz CT molecular complexity index is 482. The SMILES string of the molecule is C[C@](O)(c1ccccc1)c1cccnc1Br.